The van der Waals surface area contributed by atoms with Gasteiger partial charge in [0.05, 0.1) is 0 Å². The molecule has 2 N–H and O–H groups in total. The van der Waals surface area contributed by atoms with Crippen molar-refractivity contribution in [2.45, 2.75) is 6.92 Å². The number of aromatic nitrogens is 4. The van der Waals surface area contributed by atoms with Gasteiger partial charge in [0, 0.05) is 11.6 Å². The minimum absolute atomic E-state index is 0.350. The Bertz CT molecular complexity index is 690. The van der Waals surface area contributed by atoms with Gasteiger partial charge in [0.25, 0.3) is 5.89 Å². The van der Waals surface area contributed by atoms with Crippen LogP contribution in [0.2, 0.25) is 0 Å². The Balaban J connectivity index is 2.02. The van der Waals surface area contributed by atoms with E-state index in [4.69, 9.17) is 10.3 Å². The van der Waals surface area contributed by atoms with E-state index in [2.05, 4.69) is 20.1 Å². The summed E-state index contributed by atoms with van der Waals surface area (Å²) in [6.45, 7) is 1.94. The third-order valence-electron chi connectivity index (χ3n) is 2.39. The van der Waals surface area contributed by atoms with Gasteiger partial charge in [-0.25, -0.2) is 4.98 Å². The quantitative estimate of drug-likeness (QED) is 0.758. The molecule has 90 valence electrons. The summed E-state index contributed by atoms with van der Waals surface area (Å²) in [5.74, 6) is 0.803. The fourth-order valence-electron chi connectivity index (χ4n) is 1.53. The minimum atomic E-state index is 0.350. The van der Waals surface area contributed by atoms with Gasteiger partial charge in [0.1, 0.15) is 11.4 Å². The summed E-state index contributed by atoms with van der Waals surface area (Å²) in [5, 5.41) is 6.15. The van der Waals surface area contributed by atoms with E-state index in [9.17, 15) is 0 Å². The number of nitrogen functional groups attached to an aromatic ring is 1. The van der Waals surface area contributed by atoms with E-state index in [0.717, 1.165) is 5.56 Å². The SMILES string of the molecule is Cc1cccnc1-c1noc(-c2csc(N)n2)n1. The Hall–Kier alpha value is -2.28. The number of hydrogen-bond donors (Lipinski definition) is 1. The van der Waals surface area contributed by atoms with Crippen molar-refractivity contribution in [3.05, 3.63) is 29.3 Å². The Morgan fingerprint density at radius 3 is 2.94 bits per heavy atom. The summed E-state index contributed by atoms with van der Waals surface area (Å²) < 4.78 is 5.16. The summed E-state index contributed by atoms with van der Waals surface area (Å²) in [5.41, 5.74) is 7.84. The zero-order valence-electron chi connectivity index (χ0n) is 9.49. The van der Waals surface area contributed by atoms with Crippen molar-refractivity contribution in [1.82, 2.24) is 20.1 Å². The third-order valence-corrected chi connectivity index (χ3v) is 3.06. The van der Waals surface area contributed by atoms with Crippen LogP contribution in [0, 0.1) is 6.92 Å². The van der Waals surface area contributed by atoms with Crippen LogP contribution in [0.3, 0.4) is 0 Å². The van der Waals surface area contributed by atoms with Crippen molar-refractivity contribution in [2.24, 2.45) is 0 Å². The second kappa shape index (κ2) is 4.19. The predicted molar refractivity (Wildman–Crippen MR) is 67.8 cm³/mol. The summed E-state index contributed by atoms with van der Waals surface area (Å²) in [7, 11) is 0. The molecule has 0 atom stereocenters. The lowest BCUT2D eigenvalue weighted by molar-refractivity contribution is 0.431. The molecule has 18 heavy (non-hydrogen) atoms. The van der Waals surface area contributed by atoms with E-state index >= 15 is 0 Å². The maximum absolute atomic E-state index is 5.56. The maximum Gasteiger partial charge on any atom is 0.277 e. The van der Waals surface area contributed by atoms with Crippen LogP contribution in [-0.2, 0) is 0 Å². The fourth-order valence-corrected chi connectivity index (χ4v) is 2.07. The topological polar surface area (TPSA) is 90.7 Å². The van der Waals surface area contributed by atoms with Crippen LogP contribution >= 0.6 is 11.3 Å². The van der Waals surface area contributed by atoms with Gasteiger partial charge >= 0.3 is 0 Å². The number of rotatable bonds is 2. The number of hydrogen-bond acceptors (Lipinski definition) is 7. The normalized spacial score (nSPS) is 10.7. The molecule has 0 aliphatic rings. The molecule has 0 fully saturated rings. The summed E-state index contributed by atoms with van der Waals surface area (Å²) >= 11 is 1.33. The zero-order chi connectivity index (χ0) is 12.5. The maximum atomic E-state index is 5.56. The van der Waals surface area contributed by atoms with Crippen LogP contribution in [0.1, 0.15) is 5.56 Å². The Morgan fingerprint density at radius 2 is 2.22 bits per heavy atom. The molecule has 7 heteroatoms. The molecular formula is C11H9N5OS. The summed E-state index contributed by atoms with van der Waals surface area (Å²) in [6, 6.07) is 3.81. The lowest BCUT2D eigenvalue weighted by Crippen LogP contribution is -1.89. The van der Waals surface area contributed by atoms with Crippen molar-refractivity contribution >= 4 is 16.5 Å². The van der Waals surface area contributed by atoms with Crippen molar-refractivity contribution < 1.29 is 4.52 Å². The van der Waals surface area contributed by atoms with E-state index in [-0.39, 0.29) is 0 Å². The van der Waals surface area contributed by atoms with E-state index in [1.165, 1.54) is 11.3 Å². The number of anilines is 1. The Labute approximate surface area is 107 Å². The first-order valence-electron chi connectivity index (χ1n) is 5.21. The molecule has 0 aromatic carbocycles. The first-order valence-corrected chi connectivity index (χ1v) is 6.09. The highest BCUT2D eigenvalue weighted by atomic mass is 32.1. The molecule has 0 bridgehead atoms. The molecule has 0 spiro atoms. The van der Waals surface area contributed by atoms with Crippen molar-refractivity contribution in [3.63, 3.8) is 0 Å². The van der Waals surface area contributed by atoms with E-state index < -0.39 is 0 Å². The van der Waals surface area contributed by atoms with Crippen LogP contribution in [0.5, 0.6) is 0 Å². The third kappa shape index (κ3) is 1.84. The highest BCUT2D eigenvalue weighted by molar-refractivity contribution is 7.13. The minimum Gasteiger partial charge on any atom is -0.375 e. The van der Waals surface area contributed by atoms with Gasteiger partial charge in [-0.3, -0.25) is 4.98 Å². The molecule has 3 aromatic heterocycles. The van der Waals surface area contributed by atoms with Crippen LogP contribution < -0.4 is 5.73 Å². The van der Waals surface area contributed by atoms with Gasteiger partial charge < -0.3 is 10.3 Å². The average Bonchev–Trinajstić information content (AvgIpc) is 2.98. The molecule has 3 heterocycles. The molecule has 0 unspecified atom stereocenters. The van der Waals surface area contributed by atoms with Crippen LogP contribution in [0.25, 0.3) is 23.1 Å². The highest BCUT2D eigenvalue weighted by Gasteiger charge is 2.15. The molecule has 0 aliphatic carbocycles. The molecule has 0 amide bonds. The zero-order valence-corrected chi connectivity index (χ0v) is 10.3. The van der Waals surface area contributed by atoms with Crippen molar-refractivity contribution in [1.29, 1.82) is 0 Å². The molecular weight excluding hydrogens is 250 g/mol. The van der Waals surface area contributed by atoms with Gasteiger partial charge in [0.15, 0.2) is 5.13 Å². The molecule has 0 saturated heterocycles. The largest absolute Gasteiger partial charge is 0.375 e. The second-order valence-electron chi connectivity index (χ2n) is 3.66. The molecule has 0 radical (unpaired) electrons. The number of thiazole rings is 1. The molecule has 6 nitrogen and oxygen atoms in total. The van der Waals surface area contributed by atoms with Gasteiger partial charge in [-0.1, -0.05) is 11.2 Å². The Kier molecular flexibility index (Phi) is 2.52. The number of nitrogens with zero attached hydrogens (tertiary/aromatic N) is 4. The molecule has 3 rings (SSSR count). The van der Waals surface area contributed by atoms with E-state index in [1.807, 2.05) is 19.1 Å². The number of aryl methyl sites for hydroxylation is 1. The molecule has 0 saturated carbocycles. The van der Waals surface area contributed by atoms with Gasteiger partial charge in [-0.2, -0.15) is 4.98 Å². The van der Waals surface area contributed by atoms with Crippen LogP contribution in [-0.4, -0.2) is 20.1 Å². The lowest BCUT2D eigenvalue weighted by atomic mass is 10.2. The van der Waals surface area contributed by atoms with Crippen molar-refractivity contribution in [2.75, 3.05) is 5.73 Å². The average molecular weight is 259 g/mol. The Morgan fingerprint density at radius 1 is 1.33 bits per heavy atom. The predicted octanol–water partition coefficient (Wildman–Crippen LogP) is 2.15. The van der Waals surface area contributed by atoms with Crippen molar-refractivity contribution in [3.8, 4) is 23.1 Å². The fraction of sp³-hybridized carbons (Fsp3) is 0.0909. The number of nitrogens with two attached hydrogens (primary N) is 1. The number of pyridine rings is 1. The van der Waals surface area contributed by atoms with Gasteiger partial charge in [-0.15, -0.1) is 11.3 Å². The van der Waals surface area contributed by atoms with E-state index in [0.29, 0.717) is 28.2 Å². The summed E-state index contributed by atoms with van der Waals surface area (Å²) in [6.07, 6.45) is 1.69. The summed E-state index contributed by atoms with van der Waals surface area (Å²) in [4.78, 5) is 12.6. The molecule has 0 aliphatic heterocycles. The lowest BCUT2D eigenvalue weighted by Gasteiger charge is -1.96. The van der Waals surface area contributed by atoms with Crippen LogP contribution in [0.15, 0.2) is 28.2 Å². The van der Waals surface area contributed by atoms with Crippen LogP contribution in [0.4, 0.5) is 5.13 Å². The first-order chi connectivity index (χ1) is 8.74. The molecule has 3 aromatic rings. The van der Waals surface area contributed by atoms with Gasteiger partial charge in [0.2, 0.25) is 5.82 Å². The van der Waals surface area contributed by atoms with Gasteiger partial charge in [-0.05, 0) is 18.6 Å². The monoisotopic (exact) mass is 259 g/mol. The first kappa shape index (κ1) is 10.8. The van der Waals surface area contributed by atoms with E-state index in [1.54, 1.807) is 11.6 Å². The standard InChI is InChI=1S/C11H9N5OS/c1-6-3-2-4-13-8(6)9-15-10(17-16-9)7-5-18-11(12)14-7/h2-5H,1H3,(H2,12,14). The smallest absolute Gasteiger partial charge is 0.277 e. The highest BCUT2D eigenvalue weighted by Crippen LogP contribution is 2.24. The second-order valence-corrected chi connectivity index (χ2v) is 4.55.